The van der Waals surface area contributed by atoms with Crippen molar-refractivity contribution < 1.29 is 18.7 Å². The van der Waals surface area contributed by atoms with Crippen molar-refractivity contribution in [2.75, 3.05) is 13.2 Å². The van der Waals surface area contributed by atoms with Crippen molar-refractivity contribution >= 4 is 16.9 Å². The standard InChI is InChI=1S/C18H20O5/c1-5-9-21-16(19)10-22-15-8-7-14-11(3)13(6-2)18(20)23-17(14)12(15)4/h5,7-8H,1,6,9-10H2,2-4H3. The Hall–Kier alpha value is -2.56. The zero-order valence-corrected chi connectivity index (χ0v) is 13.6. The second kappa shape index (κ2) is 7.13. The Bertz CT molecular complexity index is 801. The van der Waals surface area contributed by atoms with Crippen LogP contribution in [-0.4, -0.2) is 19.2 Å². The molecule has 5 nitrogen and oxygen atoms in total. The third-order valence-corrected chi connectivity index (χ3v) is 3.72. The Morgan fingerprint density at radius 2 is 2.04 bits per heavy atom. The van der Waals surface area contributed by atoms with E-state index in [-0.39, 0.29) is 18.8 Å². The molecule has 0 saturated heterocycles. The summed E-state index contributed by atoms with van der Waals surface area (Å²) in [7, 11) is 0. The van der Waals surface area contributed by atoms with Crippen LogP contribution in [0.5, 0.6) is 5.75 Å². The summed E-state index contributed by atoms with van der Waals surface area (Å²) in [5, 5.41) is 0.875. The average Bonchev–Trinajstić information content (AvgIpc) is 2.53. The number of aryl methyl sites for hydroxylation is 2. The van der Waals surface area contributed by atoms with Gasteiger partial charge in [-0.3, -0.25) is 0 Å². The molecule has 2 aromatic rings. The van der Waals surface area contributed by atoms with Crippen LogP contribution in [0, 0.1) is 13.8 Å². The molecule has 0 unspecified atom stereocenters. The minimum absolute atomic E-state index is 0.146. The molecule has 0 spiro atoms. The Morgan fingerprint density at radius 3 is 2.70 bits per heavy atom. The maximum Gasteiger partial charge on any atom is 0.344 e. The van der Waals surface area contributed by atoms with Crippen molar-refractivity contribution in [1.82, 2.24) is 0 Å². The molecule has 0 N–H and O–H groups in total. The van der Waals surface area contributed by atoms with Gasteiger partial charge in [0.2, 0.25) is 0 Å². The number of hydrogen-bond donors (Lipinski definition) is 0. The Balaban J connectivity index is 2.34. The van der Waals surface area contributed by atoms with Crippen LogP contribution in [0.1, 0.15) is 23.6 Å². The third kappa shape index (κ3) is 3.44. The normalized spacial score (nSPS) is 10.6. The van der Waals surface area contributed by atoms with Crippen LogP contribution in [-0.2, 0) is 16.0 Å². The number of ether oxygens (including phenoxy) is 2. The summed E-state index contributed by atoms with van der Waals surface area (Å²) >= 11 is 0. The summed E-state index contributed by atoms with van der Waals surface area (Å²) in [6.45, 7) is 9.02. The summed E-state index contributed by atoms with van der Waals surface area (Å²) in [6, 6.07) is 3.61. The van der Waals surface area contributed by atoms with E-state index in [2.05, 4.69) is 6.58 Å². The van der Waals surface area contributed by atoms with E-state index in [1.807, 2.05) is 19.9 Å². The van der Waals surface area contributed by atoms with Crippen LogP contribution in [0.4, 0.5) is 0 Å². The topological polar surface area (TPSA) is 65.7 Å². The lowest BCUT2D eigenvalue weighted by Crippen LogP contribution is -2.15. The molecule has 0 aliphatic heterocycles. The number of esters is 1. The van der Waals surface area contributed by atoms with Gasteiger partial charge < -0.3 is 13.9 Å². The van der Waals surface area contributed by atoms with Crippen molar-refractivity contribution in [3.8, 4) is 5.75 Å². The molecule has 0 saturated carbocycles. The van der Waals surface area contributed by atoms with Gasteiger partial charge >= 0.3 is 11.6 Å². The van der Waals surface area contributed by atoms with E-state index in [9.17, 15) is 9.59 Å². The molecular formula is C18H20O5. The summed E-state index contributed by atoms with van der Waals surface area (Å²) in [5.74, 6) is 0.00297. The number of benzene rings is 1. The lowest BCUT2D eigenvalue weighted by atomic mass is 10.0. The predicted molar refractivity (Wildman–Crippen MR) is 88.0 cm³/mol. The van der Waals surface area contributed by atoms with Crippen LogP contribution in [0.15, 0.2) is 34.0 Å². The van der Waals surface area contributed by atoms with Gasteiger partial charge in [0.25, 0.3) is 0 Å². The SMILES string of the molecule is C=CCOC(=O)COc1ccc2c(C)c(CC)c(=O)oc2c1C. The Labute approximate surface area is 134 Å². The fraction of sp³-hybridized carbons (Fsp3) is 0.333. The minimum atomic E-state index is -0.483. The molecule has 0 radical (unpaired) electrons. The largest absolute Gasteiger partial charge is 0.481 e. The van der Waals surface area contributed by atoms with Crippen molar-refractivity contribution in [1.29, 1.82) is 0 Å². The Kier molecular flexibility index (Phi) is 5.21. The van der Waals surface area contributed by atoms with Crippen molar-refractivity contribution in [3.05, 3.63) is 51.9 Å². The van der Waals surface area contributed by atoms with E-state index >= 15 is 0 Å². The van der Waals surface area contributed by atoms with Gasteiger partial charge in [-0.25, -0.2) is 9.59 Å². The second-order valence-electron chi connectivity index (χ2n) is 5.17. The van der Waals surface area contributed by atoms with E-state index in [0.717, 1.165) is 10.9 Å². The van der Waals surface area contributed by atoms with Crippen LogP contribution in [0.3, 0.4) is 0 Å². The third-order valence-electron chi connectivity index (χ3n) is 3.72. The van der Waals surface area contributed by atoms with Gasteiger partial charge in [-0.15, -0.1) is 0 Å². The van der Waals surface area contributed by atoms with Gasteiger partial charge in [0.1, 0.15) is 17.9 Å². The molecule has 1 aromatic heterocycles. The summed E-state index contributed by atoms with van der Waals surface area (Å²) in [4.78, 5) is 23.5. The summed E-state index contributed by atoms with van der Waals surface area (Å²) < 4.78 is 15.8. The summed E-state index contributed by atoms with van der Waals surface area (Å²) in [5.41, 5.74) is 2.43. The van der Waals surface area contributed by atoms with Gasteiger partial charge in [0.15, 0.2) is 6.61 Å². The van der Waals surface area contributed by atoms with Gasteiger partial charge in [0.05, 0.1) is 0 Å². The van der Waals surface area contributed by atoms with E-state index in [1.165, 1.54) is 6.08 Å². The van der Waals surface area contributed by atoms with Crippen LogP contribution in [0.2, 0.25) is 0 Å². The first-order valence-electron chi connectivity index (χ1n) is 7.44. The van der Waals surface area contributed by atoms with E-state index in [0.29, 0.717) is 28.9 Å². The molecule has 5 heteroatoms. The highest BCUT2D eigenvalue weighted by molar-refractivity contribution is 5.85. The first kappa shape index (κ1) is 16.8. The molecule has 1 aromatic carbocycles. The molecule has 0 amide bonds. The number of hydrogen-bond acceptors (Lipinski definition) is 5. The molecule has 0 fully saturated rings. The van der Waals surface area contributed by atoms with Crippen molar-refractivity contribution in [2.24, 2.45) is 0 Å². The molecule has 1 heterocycles. The fourth-order valence-electron chi connectivity index (χ4n) is 2.47. The number of fused-ring (bicyclic) bond motifs is 1. The van der Waals surface area contributed by atoms with Crippen LogP contribution < -0.4 is 10.4 Å². The second-order valence-corrected chi connectivity index (χ2v) is 5.17. The lowest BCUT2D eigenvalue weighted by molar-refractivity contribution is -0.144. The minimum Gasteiger partial charge on any atom is -0.481 e. The van der Waals surface area contributed by atoms with Gasteiger partial charge in [-0.05, 0) is 38.0 Å². The molecule has 0 bridgehead atoms. The maximum atomic E-state index is 12.0. The van der Waals surface area contributed by atoms with E-state index < -0.39 is 5.97 Å². The van der Waals surface area contributed by atoms with Crippen molar-refractivity contribution in [2.45, 2.75) is 27.2 Å². The highest BCUT2D eigenvalue weighted by Crippen LogP contribution is 2.29. The Morgan fingerprint density at radius 1 is 1.30 bits per heavy atom. The maximum absolute atomic E-state index is 12.0. The average molecular weight is 316 g/mol. The molecule has 0 atom stereocenters. The number of rotatable bonds is 6. The molecule has 23 heavy (non-hydrogen) atoms. The first-order valence-corrected chi connectivity index (χ1v) is 7.44. The van der Waals surface area contributed by atoms with Crippen molar-refractivity contribution in [3.63, 3.8) is 0 Å². The molecule has 0 aliphatic rings. The quantitative estimate of drug-likeness (QED) is 0.465. The lowest BCUT2D eigenvalue weighted by Gasteiger charge is -2.12. The van der Waals surface area contributed by atoms with E-state index in [1.54, 1.807) is 13.0 Å². The van der Waals surface area contributed by atoms with Crippen LogP contribution >= 0.6 is 0 Å². The monoisotopic (exact) mass is 316 g/mol. The highest BCUT2D eigenvalue weighted by Gasteiger charge is 2.15. The molecule has 2 rings (SSSR count). The summed E-state index contributed by atoms with van der Waals surface area (Å²) in [6.07, 6.45) is 2.11. The molecule has 0 aliphatic carbocycles. The predicted octanol–water partition coefficient (Wildman–Crippen LogP) is 3.08. The number of carbonyl (C=O) groups excluding carboxylic acids is 1. The smallest absolute Gasteiger partial charge is 0.344 e. The molecular weight excluding hydrogens is 296 g/mol. The zero-order chi connectivity index (χ0) is 17.0. The number of carbonyl (C=O) groups is 1. The van der Waals surface area contributed by atoms with Gasteiger partial charge in [-0.2, -0.15) is 0 Å². The zero-order valence-electron chi connectivity index (χ0n) is 13.6. The van der Waals surface area contributed by atoms with Crippen LogP contribution in [0.25, 0.3) is 11.0 Å². The van der Waals surface area contributed by atoms with Gasteiger partial charge in [-0.1, -0.05) is 19.6 Å². The highest BCUT2D eigenvalue weighted by atomic mass is 16.6. The molecule has 122 valence electrons. The van der Waals surface area contributed by atoms with Gasteiger partial charge in [0, 0.05) is 16.5 Å². The van der Waals surface area contributed by atoms with E-state index in [4.69, 9.17) is 13.9 Å². The first-order chi connectivity index (χ1) is 11.0. The fourth-order valence-corrected chi connectivity index (χ4v) is 2.47.